The van der Waals surface area contributed by atoms with Gasteiger partial charge in [-0.25, -0.2) is 8.42 Å². The molecular formula is C26H27N3O5S. The van der Waals surface area contributed by atoms with Crippen LogP contribution in [0.25, 0.3) is 0 Å². The molecule has 0 saturated heterocycles. The number of nitrogens with zero attached hydrogens (tertiary/aromatic N) is 1. The van der Waals surface area contributed by atoms with Gasteiger partial charge in [-0.3, -0.25) is 13.9 Å². The number of fused-ring (bicyclic) bond motifs is 1. The predicted molar refractivity (Wildman–Crippen MR) is 135 cm³/mol. The third-order valence-electron chi connectivity index (χ3n) is 5.84. The van der Waals surface area contributed by atoms with E-state index in [1.54, 1.807) is 54.6 Å². The molecule has 0 bridgehead atoms. The zero-order chi connectivity index (χ0) is 25.2. The van der Waals surface area contributed by atoms with Gasteiger partial charge in [0.05, 0.1) is 23.4 Å². The Morgan fingerprint density at radius 3 is 2.29 bits per heavy atom. The zero-order valence-electron chi connectivity index (χ0n) is 19.8. The number of rotatable bonds is 5. The molecule has 0 unspecified atom stereocenters. The first-order valence-corrected chi connectivity index (χ1v) is 12.6. The quantitative estimate of drug-likeness (QED) is 0.522. The van der Waals surface area contributed by atoms with Crippen molar-refractivity contribution in [2.75, 3.05) is 28.6 Å². The van der Waals surface area contributed by atoms with Gasteiger partial charge in [0.1, 0.15) is 5.75 Å². The lowest BCUT2D eigenvalue weighted by atomic mass is 10.0. The van der Waals surface area contributed by atoms with E-state index in [-0.39, 0.29) is 4.90 Å². The number of hydrogen-bond acceptors (Lipinski definition) is 5. The highest BCUT2D eigenvalue weighted by Gasteiger charge is 2.29. The van der Waals surface area contributed by atoms with Crippen LogP contribution in [0.3, 0.4) is 0 Å². The number of benzene rings is 3. The van der Waals surface area contributed by atoms with Crippen LogP contribution in [0.4, 0.5) is 17.1 Å². The Morgan fingerprint density at radius 1 is 0.886 bits per heavy atom. The number of sulfonamides is 1. The Morgan fingerprint density at radius 2 is 1.57 bits per heavy atom. The Hall–Kier alpha value is -3.85. The van der Waals surface area contributed by atoms with Gasteiger partial charge in [0, 0.05) is 12.2 Å². The average molecular weight is 494 g/mol. The Labute approximate surface area is 205 Å². The molecule has 1 aliphatic heterocycles. The van der Waals surface area contributed by atoms with Crippen LogP contribution >= 0.6 is 0 Å². The van der Waals surface area contributed by atoms with Crippen molar-refractivity contribution >= 4 is 38.9 Å². The summed E-state index contributed by atoms with van der Waals surface area (Å²) < 4.78 is 33.3. The van der Waals surface area contributed by atoms with Crippen molar-refractivity contribution in [1.29, 1.82) is 0 Å². The molecule has 0 saturated carbocycles. The van der Waals surface area contributed by atoms with E-state index >= 15 is 0 Å². The van der Waals surface area contributed by atoms with Gasteiger partial charge in [-0.2, -0.15) is 0 Å². The summed E-state index contributed by atoms with van der Waals surface area (Å²) in [6.07, 6.45) is 1.40. The van der Waals surface area contributed by atoms with Crippen molar-refractivity contribution in [3.8, 4) is 5.75 Å². The van der Waals surface area contributed by atoms with Gasteiger partial charge in [0.2, 0.25) is 0 Å². The summed E-state index contributed by atoms with van der Waals surface area (Å²) >= 11 is 0. The predicted octanol–water partition coefficient (Wildman–Crippen LogP) is 4.03. The lowest BCUT2D eigenvalue weighted by Crippen LogP contribution is -2.35. The fourth-order valence-corrected chi connectivity index (χ4v) is 5.53. The highest BCUT2D eigenvalue weighted by Crippen LogP contribution is 2.34. The third-order valence-corrected chi connectivity index (χ3v) is 7.66. The molecule has 0 fully saturated rings. The highest BCUT2D eigenvalue weighted by molar-refractivity contribution is 7.92. The molecule has 8 nitrogen and oxygen atoms in total. The minimum atomic E-state index is -3.78. The van der Waals surface area contributed by atoms with Crippen molar-refractivity contribution in [1.82, 2.24) is 0 Å². The number of nitrogens with one attached hydrogen (secondary N) is 2. The van der Waals surface area contributed by atoms with E-state index in [0.29, 0.717) is 35.8 Å². The van der Waals surface area contributed by atoms with Crippen LogP contribution in [-0.4, -0.2) is 33.9 Å². The second-order valence-electron chi connectivity index (χ2n) is 8.45. The second-order valence-corrected chi connectivity index (χ2v) is 10.3. The largest absolute Gasteiger partial charge is 0.495 e. The van der Waals surface area contributed by atoms with E-state index in [9.17, 15) is 18.0 Å². The number of methoxy groups -OCH3 is 1. The fraction of sp³-hybridized carbons (Fsp3) is 0.231. The molecule has 0 aliphatic carbocycles. The molecule has 4 rings (SSSR count). The van der Waals surface area contributed by atoms with Gasteiger partial charge in [0.25, 0.3) is 10.0 Å². The SMILES string of the molecule is COc1ccc(C)cc1NC(=O)C(=O)Nc1ccc2c(c1)N(S(=O)(=O)c1ccc(C)cc1)CCC2. The maximum absolute atomic E-state index is 13.4. The van der Waals surface area contributed by atoms with Gasteiger partial charge < -0.3 is 15.4 Å². The van der Waals surface area contributed by atoms with Crippen molar-refractivity contribution < 1.29 is 22.7 Å². The fourth-order valence-electron chi connectivity index (χ4n) is 3.99. The molecule has 0 radical (unpaired) electrons. The number of ether oxygens (including phenoxy) is 1. The summed E-state index contributed by atoms with van der Waals surface area (Å²) in [6.45, 7) is 4.08. The molecular weight excluding hydrogens is 466 g/mol. The van der Waals surface area contributed by atoms with E-state index in [1.807, 2.05) is 19.9 Å². The maximum Gasteiger partial charge on any atom is 0.314 e. The highest BCUT2D eigenvalue weighted by atomic mass is 32.2. The molecule has 0 aromatic heterocycles. The van der Waals surface area contributed by atoms with Crippen molar-refractivity contribution in [2.45, 2.75) is 31.6 Å². The first kappa shape index (κ1) is 24.3. The molecule has 0 atom stereocenters. The monoisotopic (exact) mass is 493 g/mol. The molecule has 0 spiro atoms. The van der Waals surface area contributed by atoms with Gasteiger partial charge in [-0.15, -0.1) is 0 Å². The topological polar surface area (TPSA) is 105 Å². The maximum atomic E-state index is 13.4. The summed E-state index contributed by atoms with van der Waals surface area (Å²) in [6, 6.07) is 17.0. The van der Waals surface area contributed by atoms with Gasteiger partial charge >= 0.3 is 11.8 Å². The van der Waals surface area contributed by atoms with Crippen molar-refractivity contribution in [3.63, 3.8) is 0 Å². The van der Waals surface area contributed by atoms with Crippen LogP contribution in [0.15, 0.2) is 65.6 Å². The normalized spacial score (nSPS) is 13.1. The number of anilines is 3. The molecule has 3 aromatic carbocycles. The van der Waals surface area contributed by atoms with Crippen LogP contribution in [0, 0.1) is 13.8 Å². The van der Waals surface area contributed by atoms with Crippen LogP contribution in [0.1, 0.15) is 23.1 Å². The average Bonchev–Trinajstić information content (AvgIpc) is 2.84. The van der Waals surface area contributed by atoms with Crippen LogP contribution in [0.5, 0.6) is 5.75 Å². The van der Waals surface area contributed by atoms with Gasteiger partial charge in [0.15, 0.2) is 0 Å². The Kier molecular flexibility index (Phi) is 6.79. The Bertz CT molecular complexity index is 1380. The molecule has 182 valence electrons. The molecule has 35 heavy (non-hydrogen) atoms. The van der Waals surface area contributed by atoms with E-state index in [2.05, 4.69) is 10.6 Å². The molecule has 9 heteroatoms. The summed E-state index contributed by atoms with van der Waals surface area (Å²) in [4.78, 5) is 25.3. The lowest BCUT2D eigenvalue weighted by molar-refractivity contribution is -0.133. The van der Waals surface area contributed by atoms with E-state index in [1.165, 1.54) is 11.4 Å². The molecule has 2 amide bonds. The zero-order valence-corrected chi connectivity index (χ0v) is 20.6. The summed E-state index contributed by atoms with van der Waals surface area (Å²) in [5.41, 5.74) is 3.93. The van der Waals surface area contributed by atoms with Crippen LogP contribution in [-0.2, 0) is 26.0 Å². The number of carbonyl (C=O) groups excluding carboxylic acids is 2. The number of carbonyl (C=O) groups is 2. The lowest BCUT2D eigenvalue weighted by Gasteiger charge is -2.31. The number of hydrogen-bond donors (Lipinski definition) is 2. The molecule has 1 aliphatic rings. The molecule has 2 N–H and O–H groups in total. The minimum absolute atomic E-state index is 0.205. The first-order valence-electron chi connectivity index (χ1n) is 11.2. The van der Waals surface area contributed by atoms with Crippen LogP contribution < -0.4 is 19.7 Å². The van der Waals surface area contributed by atoms with Crippen molar-refractivity contribution in [2.24, 2.45) is 0 Å². The molecule has 3 aromatic rings. The summed E-state index contributed by atoms with van der Waals surface area (Å²) in [5.74, 6) is -1.31. The van der Waals surface area contributed by atoms with Gasteiger partial charge in [-0.05, 0) is 74.2 Å². The number of amides is 2. The number of aryl methyl sites for hydroxylation is 3. The third kappa shape index (κ3) is 5.14. The van der Waals surface area contributed by atoms with E-state index < -0.39 is 21.8 Å². The standard InChI is InChI=1S/C26H27N3O5S/c1-17-6-11-21(12-7-17)35(32,33)29-14-4-5-19-9-10-20(16-23(19)29)27-25(30)26(31)28-22-15-18(2)8-13-24(22)34-3/h6-13,15-16H,4-5,14H2,1-3H3,(H,27,30)(H,28,31). The van der Waals surface area contributed by atoms with E-state index in [4.69, 9.17) is 4.74 Å². The minimum Gasteiger partial charge on any atom is -0.495 e. The Balaban J connectivity index is 1.56. The van der Waals surface area contributed by atoms with Gasteiger partial charge in [-0.1, -0.05) is 29.8 Å². The first-order chi connectivity index (χ1) is 16.7. The molecule has 1 heterocycles. The summed E-state index contributed by atoms with van der Waals surface area (Å²) in [7, 11) is -2.30. The van der Waals surface area contributed by atoms with Crippen LogP contribution in [0.2, 0.25) is 0 Å². The summed E-state index contributed by atoms with van der Waals surface area (Å²) in [5, 5.41) is 5.13. The smallest absolute Gasteiger partial charge is 0.314 e. The van der Waals surface area contributed by atoms with Crippen molar-refractivity contribution in [3.05, 3.63) is 77.4 Å². The second kappa shape index (κ2) is 9.79. The van der Waals surface area contributed by atoms with E-state index in [0.717, 1.165) is 23.1 Å².